The summed E-state index contributed by atoms with van der Waals surface area (Å²) >= 11 is 1.60. The average Bonchev–Trinajstić information content (AvgIpc) is 3.27. The maximum atomic E-state index is 13.2. The van der Waals surface area contributed by atoms with Gasteiger partial charge >= 0.3 is 0 Å². The van der Waals surface area contributed by atoms with E-state index in [1.807, 2.05) is 19.3 Å². The number of aromatic nitrogens is 3. The van der Waals surface area contributed by atoms with E-state index in [-0.39, 0.29) is 17.8 Å². The highest BCUT2D eigenvalue weighted by molar-refractivity contribution is 7.15. The molecule has 27 heavy (non-hydrogen) atoms. The Morgan fingerprint density at radius 2 is 2.15 bits per heavy atom. The summed E-state index contributed by atoms with van der Waals surface area (Å²) in [6.07, 6.45) is 5.79. The second-order valence-electron chi connectivity index (χ2n) is 6.83. The predicted octanol–water partition coefficient (Wildman–Crippen LogP) is 3.81. The summed E-state index contributed by atoms with van der Waals surface area (Å²) in [5, 5.41) is 8.36. The van der Waals surface area contributed by atoms with Crippen LogP contribution in [0.3, 0.4) is 0 Å². The van der Waals surface area contributed by atoms with E-state index in [9.17, 15) is 9.18 Å². The Balaban J connectivity index is 1.44. The third-order valence-corrected chi connectivity index (χ3v) is 6.01. The van der Waals surface area contributed by atoms with Gasteiger partial charge in [-0.15, -0.1) is 11.3 Å². The number of halogens is 1. The van der Waals surface area contributed by atoms with E-state index in [2.05, 4.69) is 10.4 Å². The highest BCUT2D eigenvalue weighted by Gasteiger charge is 2.26. The minimum Gasteiger partial charge on any atom is -0.348 e. The monoisotopic (exact) mass is 384 g/mol. The molecule has 3 aromatic rings. The van der Waals surface area contributed by atoms with Crippen molar-refractivity contribution < 1.29 is 9.18 Å². The second-order valence-corrected chi connectivity index (χ2v) is 7.86. The highest BCUT2D eigenvalue weighted by Crippen LogP contribution is 2.38. The van der Waals surface area contributed by atoms with E-state index in [1.165, 1.54) is 12.1 Å². The van der Waals surface area contributed by atoms with Crippen LogP contribution in [0.4, 0.5) is 4.39 Å². The van der Waals surface area contributed by atoms with Crippen molar-refractivity contribution in [1.29, 1.82) is 0 Å². The normalized spacial score (nSPS) is 16.1. The molecule has 2 heterocycles. The van der Waals surface area contributed by atoms with E-state index in [0.717, 1.165) is 46.1 Å². The lowest BCUT2D eigenvalue weighted by Gasteiger charge is -2.22. The van der Waals surface area contributed by atoms with Gasteiger partial charge in [0.15, 0.2) is 0 Å². The lowest BCUT2D eigenvalue weighted by atomic mass is 9.98. The number of carbonyl (C=O) groups is 1. The van der Waals surface area contributed by atoms with Crippen molar-refractivity contribution in [2.75, 3.05) is 0 Å². The number of rotatable bonds is 5. The standard InChI is InChI=1S/C20H21FN4OS/c1-25-12-11-15(24-25)9-10-18(26)22-16-3-2-4-17-19(16)27-20(23-17)13-5-7-14(21)8-6-13/h5-8,11-12,16H,2-4,9-10H2,1H3,(H,22,26). The molecule has 0 spiro atoms. The quantitative estimate of drug-likeness (QED) is 0.728. The zero-order valence-electron chi connectivity index (χ0n) is 15.1. The first-order valence-corrected chi connectivity index (χ1v) is 9.93. The number of amides is 1. The molecule has 2 aromatic heterocycles. The Labute approximate surface area is 161 Å². The van der Waals surface area contributed by atoms with Crippen LogP contribution in [-0.4, -0.2) is 20.7 Å². The molecule has 0 saturated heterocycles. The van der Waals surface area contributed by atoms with Gasteiger partial charge < -0.3 is 5.32 Å². The molecule has 1 aliphatic rings. The molecule has 1 aliphatic carbocycles. The molecule has 140 valence electrons. The predicted molar refractivity (Wildman–Crippen MR) is 103 cm³/mol. The molecule has 4 rings (SSSR count). The van der Waals surface area contributed by atoms with Crippen LogP contribution in [0.2, 0.25) is 0 Å². The Morgan fingerprint density at radius 3 is 2.89 bits per heavy atom. The van der Waals surface area contributed by atoms with Crippen molar-refractivity contribution in [3.63, 3.8) is 0 Å². The van der Waals surface area contributed by atoms with Crippen molar-refractivity contribution in [3.05, 3.63) is 58.6 Å². The molecule has 5 nitrogen and oxygen atoms in total. The fraction of sp³-hybridized carbons (Fsp3) is 0.350. The van der Waals surface area contributed by atoms with Crippen LogP contribution < -0.4 is 5.32 Å². The molecule has 0 bridgehead atoms. The van der Waals surface area contributed by atoms with Crippen LogP contribution in [0.15, 0.2) is 36.5 Å². The minimum atomic E-state index is -0.252. The summed E-state index contributed by atoms with van der Waals surface area (Å²) in [6, 6.07) is 8.35. The first-order chi connectivity index (χ1) is 13.1. The van der Waals surface area contributed by atoms with Gasteiger partial charge in [-0.2, -0.15) is 5.10 Å². The first-order valence-electron chi connectivity index (χ1n) is 9.12. The number of carbonyl (C=O) groups excluding carboxylic acids is 1. The van der Waals surface area contributed by atoms with Crippen LogP contribution in [0.5, 0.6) is 0 Å². The van der Waals surface area contributed by atoms with Gasteiger partial charge in [-0.05, 0) is 49.6 Å². The van der Waals surface area contributed by atoms with Crippen LogP contribution in [0, 0.1) is 5.82 Å². The lowest BCUT2D eigenvalue weighted by molar-refractivity contribution is -0.121. The zero-order chi connectivity index (χ0) is 18.8. The summed E-state index contributed by atoms with van der Waals surface area (Å²) in [6.45, 7) is 0. The zero-order valence-corrected chi connectivity index (χ0v) is 15.9. The van der Waals surface area contributed by atoms with Crippen LogP contribution in [-0.2, 0) is 24.7 Å². The van der Waals surface area contributed by atoms with Gasteiger partial charge in [-0.25, -0.2) is 9.37 Å². The number of benzene rings is 1. The highest BCUT2D eigenvalue weighted by atomic mass is 32.1. The average molecular weight is 384 g/mol. The van der Waals surface area contributed by atoms with Crippen molar-refractivity contribution in [2.24, 2.45) is 7.05 Å². The summed E-state index contributed by atoms with van der Waals surface area (Å²) in [4.78, 5) is 18.3. The molecule has 0 saturated carbocycles. The van der Waals surface area contributed by atoms with E-state index >= 15 is 0 Å². The number of hydrogen-bond donors (Lipinski definition) is 1. The summed E-state index contributed by atoms with van der Waals surface area (Å²) in [5.41, 5.74) is 2.89. The lowest BCUT2D eigenvalue weighted by Crippen LogP contribution is -2.30. The molecule has 1 aromatic carbocycles. The number of fused-ring (bicyclic) bond motifs is 1. The van der Waals surface area contributed by atoms with Gasteiger partial charge in [0, 0.05) is 31.6 Å². The number of hydrogen-bond acceptors (Lipinski definition) is 4. The fourth-order valence-electron chi connectivity index (χ4n) is 3.38. The smallest absolute Gasteiger partial charge is 0.220 e. The Hall–Kier alpha value is -2.54. The van der Waals surface area contributed by atoms with Gasteiger partial charge in [0.05, 0.1) is 22.3 Å². The first kappa shape index (κ1) is 17.9. The molecular weight excluding hydrogens is 363 g/mol. The molecule has 0 radical (unpaired) electrons. The van der Waals surface area contributed by atoms with E-state index < -0.39 is 0 Å². The maximum absolute atomic E-state index is 13.2. The van der Waals surface area contributed by atoms with E-state index in [1.54, 1.807) is 28.2 Å². The molecule has 0 fully saturated rings. The van der Waals surface area contributed by atoms with Gasteiger partial charge in [-0.3, -0.25) is 9.48 Å². The van der Waals surface area contributed by atoms with Gasteiger partial charge in [0.1, 0.15) is 10.8 Å². The summed E-state index contributed by atoms with van der Waals surface area (Å²) < 4.78 is 14.9. The molecule has 1 atom stereocenters. The second kappa shape index (κ2) is 7.60. The molecule has 1 unspecified atom stereocenters. The largest absolute Gasteiger partial charge is 0.348 e. The molecular formula is C20H21FN4OS. The van der Waals surface area contributed by atoms with Crippen molar-refractivity contribution in [3.8, 4) is 10.6 Å². The number of nitrogens with zero attached hydrogens (tertiary/aromatic N) is 3. The molecule has 1 amide bonds. The minimum absolute atomic E-state index is 0.0108. The Bertz CT molecular complexity index is 947. The van der Waals surface area contributed by atoms with Crippen LogP contribution in [0.25, 0.3) is 10.6 Å². The van der Waals surface area contributed by atoms with Crippen LogP contribution in [0.1, 0.15) is 41.6 Å². The van der Waals surface area contributed by atoms with E-state index in [4.69, 9.17) is 4.98 Å². The van der Waals surface area contributed by atoms with Gasteiger partial charge in [-0.1, -0.05) is 0 Å². The molecule has 7 heteroatoms. The van der Waals surface area contributed by atoms with Gasteiger partial charge in [0.25, 0.3) is 0 Å². The third kappa shape index (κ3) is 4.08. The Morgan fingerprint density at radius 1 is 1.33 bits per heavy atom. The summed E-state index contributed by atoms with van der Waals surface area (Å²) in [5.74, 6) is -0.214. The van der Waals surface area contributed by atoms with E-state index in [0.29, 0.717) is 12.8 Å². The molecule has 1 N–H and O–H groups in total. The number of aryl methyl sites for hydroxylation is 3. The van der Waals surface area contributed by atoms with Crippen molar-refractivity contribution >= 4 is 17.2 Å². The molecule has 0 aliphatic heterocycles. The topological polar surface area (TPSA) is 59.8 Å². The maximum Gasteiger partial charge on any atom is 0.220 e. The van der Waals surface area contributed by atoms with Crippen molar-refractivity contribution in [1.82, 2.24) is 20.1 Å². The van der Waals surface area contributed by atoms with Crippen molar-refractivity contribution in [2.45, 2.75) is 38.1 Å². The summed E-state index contributed by atoms with van der Waals surface area (Å²) in [7, 11) is 1.87. The number of nitrogens with one attached hydrogen (secondary N) is 1. The SMILES string of the molecule is Cn1ccc(CCC(=O)NC2CCCc3nc(-c4ccc(F)cc4)sc32)n1. The fourth-order valence-corrected chi connectivity index (χ4v) is 4.58. The van der Waals surface area contributed by atoms with Crippen LogP contribution >= 0.6 is 11.3 Å². The third-order valence-electron chi connectivity index (χ3n) is 4.75. The Kier molecular flexibility index (Phi) is 5.03. The van der Waals surface area contributed by atoms with Gasteiger partial charge in [0.2, 0.25) is 5.91 Å². The number of thiazole rings is 1.